The molecule has 26 heavy (non-hydrogen) atoms. The van der Waals surface area contributed by atoms with Gasteiger partial charge in [0.15, 0.2) is 5.96 Å². The summed E-state index contributed by atoms with van der Waals surface area (Å²) in [6.45, 7) is 7.15. The smallest absolute Gasteiger partial charge is 0.222 e. The number of carbonyl (C=O) groups excluding carboxylic acids is 1. The van der Waals surface area contributed by atoms with Crippen molar-refractivity contribution in [3.8, 4) is 0 Å². The van der Waals surface area contributed by atoms with Crippen molar-refractivity contribution in [2.75, 3.05) is 45.2 Å². The van der Waals surface area contributed by atoms with E-state index in [1.165, 1.54) is 11.3 Å². The molecular formula is C20H33N5O. The molecule has 2 N–H and O–H groups in total. The molecule has 1 amide bonds. The summed E-state index contributed by atoms with van der Waals surface area (Å²) in [5.74, 6) is 1.07. The van der Waals surface area contributed by atoms with Gasteiger partial charge in [0.2, 0.25) is 5.91 Å². The third-order valence-electron chi connectivity index (χ3n) is 4.65. The van der Waals surface area contributed by atoms with E-state index >= 15 is 0 Å². The quantitative estimate of drug-likeness (QED) is 0.576. The average molecular weight is 360 g/mol. The predicted molar refractivity (Wildman–Crippen MR) is 109 cm³/mol. The first-order chi connectivity index (χ1) is 12.5. The summed E-state index contributed by atoms with van der Waals surface area (Å²) in [5, 5.41) is 6.78. The summed E-state index contributed by atoms with van der Waals surface area (Å²) in [6.07, 6.45) is 2.46. The standard InChI is InChI=1S/C20H33N5O/c1-5-19(26)25-14-12-17(15-25)23-20(21-6-2)22-13-11-16-7-9-18(10-8-16)24(3)4/h7-10,17H,5-6,11-15H2,1-4H3,(H2,21,22,23). The van der Waals surface area contributed by atoms with Gasteiger partial charge in [-0.25, -0.2) is 0 Å². The first kappa shape index (κ1) is 20.1. The molecule has 1 heterocycles. The molecule has 1 aromatic carbocycles. The Bertz CT molecular complexity index is 597. The van der Waals surface area contributed by atoms with Crippen molar-refractivity contribution in [2.45, 2.75) is 39.2 Å². The summed E-state index contributed by atoms with van der Waals surface area (Å²) >= 11 is 0. The Kier molecular flexibility index (Phi) is 7.75. The molecule has 0 saturated carbocycles. The third-order valence-corrected chi connectivity index (χ3v) is 4.65. The fourth-order valence-corrected chi connectivity index (χ4v) is 3.10. The lowest BCUT2D eigenvalue weighted by molar-refractivity contribution is -0.129. The van der Waals surface area contributed by atoms with E-state index in [9.17, 15) is 4.79 Å². The molecule has 1 aromatic rings. The Balaban J connectivity index is 1.85. The van der Waals surface area contributed by atoms with E-state index in [1.807, 2.05) is 25.9 Å². The Morgan fingerprint density at radius 2 is 2.00 bits per heavy atom. The molecule has 0 aliphatic carbocycles. The Labute approximate surface area is 157 Å². The number of amides is 1. The number of carbonyl (C=O) groups is 1. The fourth-order valence-electron chi connectivity index (χ4n) is 3.10. The zero-order valence-corrected chi connectivity index (χ0v) is 16.6. The fraction of sp³-hybridized carbons (Fsp3) is 0.600. The average Bonchev–Trinajstić information content (AvgIpc) is 3.10. The highest BCUT2D eigenvalue weighted by Gasteiger charge is 2.25. The number of hydrogen-bond donors (Lipinski definition) is 2. The summed E-state index contributed by atoms with van der Waals surface area (Å²) in [7, 11) is 4.10. The molecule has 1 aliphatic rings. The van der Waals surface area contributed by atoms with Crippen molar-refractivity contribution >= 4 is 17.6 Å². The van der Waals surface area contributed by atoms with Crippen LogP contribution in [0.25, 0.3) is 0 Å². The zero-order valence-electron chi connectivity index (χ0n) is 16.6. The number of nitrogens with zero attached hydrogens (tertiary/aromatic N) is 3. The molecule has 1 saturated heterocycles. The van der Waals surface area contributed by atoms with Crippen LogP contribution in [0.3, 0.4) is 0 Å². The van der Waals surface area contributed by atoms with Gasteiger partial charge < -0.3 is 20.4 Å². The molecule has 0 aromatic heterocycles. The van der Waals surface area contributed by atoms with Gasteiger partial charge in [-0.1, -0.05) is 19.1 Å². The minimum atomic E-state index is 0.234. The Hall–Kier alpha value is -2.24. The van der Waals surface area contributed by atoms with E-state index < -0.39 is 0 Å². The highest BCUT2D eigenvalue weighted by molar-refractivity contribution is 5.80. The van der Waals surface area contributed by atoms with Crippen LogP contribution in [-0.2, 0) is 11.2 Å². The van der Waals surface area contributed by atoms with Crippen LogP contribution in [0.2, 0.25) is 0 Å². The van der Waals surface area contributed by atoms with Gasteiger partial charge in [0.05, 0.1) is 0 Å². The number of rotatable bonds is 7. The number of nitrogens with one attached hydrogen (secondary N) is 2. The highest BCUT2D eigenvalue weighted by atomic mass is 16.2. The molecule has 6 heteroatoms. The van der Waals surface area contributed by atoms with Crippen molar-refractivity contribution in [3.63, 3.8) is 0 Å². The molecule has 0 bridgehead atoms. The van der Waals surface area contributed by atoms with Gasteiger partial charge in [-0.05, 0) is 37.5 Å². The normalized spacial score (nSPS) is 17.3. The van der Waals surface area contributed by atoms with E-state index in [1.54, 1.807) is 0 Å². The summed E-state index contributed by atoms with van der Waals surface area (Å²) < 4.78 is 0. The molecule has 1 fully saturated rings. The monoisotopic (exact) mass is 359 g/mol. The zero-order chi connectivity index (χ0) is 18.9. The van der Waals surface area contributed by atoms with Crippen molar-refractivity contribution < 1.29 is 4.79 Å². The van der Waals surface area contributed by atoms with E-state index in [2.05, 4.69) is 46.7 Å². The maximum absolute atomic E-state index is 11.8. The number of likely N-dealkylation sites (tertiary alicyclic amines) is 1. The van der Waals surface area contributed by atoms with Gasteiger partial charge in [-0.3, -0.25) is 9.79 Å². The van der Waals surface area contributed by atoms with Crippen LogP contribution in [0, 0.1) is 0 Å². The second-order valence-corrected chi connectivity index (χ2v) is 6.89. The van der Waals surface area contributed by atoms with Crippen molar-refractivity contribution in [3.05, 3.63) is 29.8 Å². The lowest BCUT2D eigenvalue weighted by Crippen LogP contribution is -2.45. The van der Waals surface area contributed by atoms with Gasteiger partial charge >= 0.3 is 0 Å². The first-order valence-corrected chi connectivity index (χ1v) is 9.62. The van der Waals surface area contributed by atoms with Gasteiger partial charge in [0.1, 0.15) is 0 Å². The van der Waals surface area contributed by atoms with Crippen LogP contribution < -0.4 is 15.5 Å². The minimum Gasteiger partial charge on any atom is -0.378 e. The maximum atomic E-state index is 11.8. The van der Waals surface area contributed by atoms with Gasteiger partial charge in [0, 0.05) is 58.4 Å². The van der Waals surface area contributed by atoms with E-state index in [-0.39, 0.29) is 11.9 Å². The maximum Gasteiger partial charge on any atom is 0.222 e. The molecule has 1 atom stereocenters. The second kappa shape index (κ2) is 10.0. The number of guanidine groups is 1. The molecule has 6 nitrogen and oxygen atoms in total. The largest absolute Gasteiger partial charge is 0.378 e. The van der Waals surface area contributed by atoms with E-state index in [0.717, 1.165) is 45.0 Å². The van der Waals surface area contributed by atoms with Crippen LogP contribution in [0.5, 0.6) is 0 Å². The van der Waals surface area contributed by atoms with Gasteiger partial charge in [0.25, 0.3) is 0 Å². The number of hydrogen-bond acceptors (Lipinski definition) is 3. The first-order valence-electron chi connectivity index (χ1n) is 9.62. The molecule has 1 unspecified atom stereocenters. The van der Waals surface area contributed by atoms with Crippen LogP contribution in [0.15, 0.2) is 29.3 Å². The van der Waals surface area contributed by atoms with Crippen LogP contribution in [-0.4, -0.2) is 63.1 Å². The Morgan fingerprint density at radius 3 is 2.62 bits per heavy atom. The number of aliphatic imine (C=N–C) groups is 1. The van der Waals surface area contributed by atoms with Crippen molar-refractivity contribution in [2.24, 2.45) is 4.99 Å². The van der Waals surface area contributed by atoms with Crippen LogP contribution >= 0.6 is 0 Å². The lowest BCUT2D eigenvalue weighted by atomic mass is 10.1. The predicted octanol–water partition coefficient (Wildman–Crippen LogP) is 1.86. The lowest BCUT2D eigenvalue weighted by Gasteiger charge is -2.18. The molecule has 0 spiro atoms. The number of benzene rings is 1. The molecule has 144 valence electrons. The van der Waals surface area contributed by atoms with Gasteiger partial charge in [-0.2, -0.15) is 0 Å². The second-order valence-electron chi connectivity index (χ2n) is 6.89. The molecule has 1 aliphatic heterocycles. The Morgan fingerprint density at radius 1 is 1.27 bits per heavy atom. The van der Waals surface area contributed by atoms with Crippen molar-refractivity contribution in [1.82, 2.24) is 15.5 Å². The van der Waals surface area contributed by atoms with E-state index in [0.29, 0.717) is 6.42 Å². The van der Waals surface area contributed by atoms with E-state index in [4.69, 9.17) is 4.99 Å². The topological polar surface area (TPSA) is 60.0 Å². The van der Waals surface area contributed by atoms with Gasteiger partial charge in [-0.15, -0.1) is 0 Å². The molecule has 0 radical (unpaired) electrons. The molecule has 2 rings (SSSR count). The summed E-state index contributed by atoms with van der Waals surface area (Å²) in [5.41, 5.74) is 2.50. The van der Waals surface area contributed by atoms with Crippen LogP contribution in [0.1, 0.15) is 32.3 Å². The highest BCUT2D eigenvalue weighted by Crippen LogP contribution is 2.13. The third kappa shape index (κ3) is 5.93. The SMILES string of the molecule is CCNC(=NCCc1ccc(N(C)C)cc1)NC1CCN(C(=O)CC)C1. The minimum absolute atomic E-state index is 0.234. The summed E-state index contributed by atoms with van der Waals surface area (Å²) in [6, 6.07) is 8.88. The number of anilines is 1. The summed E-state index contributed by atoms with van der Waals surface area (Å²) in [4.78, 5) is 20.6. The van der Waals surface area contributed by atoms with Crippen molar-refractivity contribution in [1.29, 1.82) is 0 Å². The van der Waals surface area contributed by atoms with Crippen LogP contribution in [0.4, 0.5) is 5.69 Å². The molecular weight excluding hydrogens is 326 g/mol.